The van der Waals surface area contributed by atoms with Gasteiger partial charge in [-0.25, -0.2) is 8.78 Å². The van der Waals surface area contributed by atoms with E-state index in [1.807, 2.05) is 0 Å². The third kappa shape index (κ3) is 2.15. The zero-order valence-electron chi connectivity index (χ0n) is 8.76. The molecule has 0 atom stereocenters. The predicted molar refractivity (Wildman–Crippen MR) is 60.9 cm³/mol. The van der Waals surface area contributed by atoms with Crippen LogP contribution in [0.5, 0.6) is 0 Å². The highest BCUT2D eigenvalue weighted by molar-refractivity contribution is 9.10. The van der Waals surface area contributed by atoms with Crippen LogP contribution in [0.2, 0.25) is 0 Å². The molecule has 0 amide bonds. The van der Waals surface area contributed by atoms with E-state index in [1.54, 1.807) is 0 Å². The van der Waals surface area contributed by atoms with E-state index in [-0.39, 0.29) is 21.4 Å². The van der Waals surface area contributed by atoms with Crippen LogP contribution in [0.4, 0.5) is 8.78 Å². The van der Waals surface area contributed by atoms with Crippen LogP contribution < -0.4 is 0 Å². The number of carbonyl (C=O) groups excluding carboxylic acids is 1. The van der Waals surface area contributed by atoms with Crippen molar-refractivity contribution in [3.05, 3.63) is 57.5 Å². The highest BCUT2D eigenvalue weighted by Crippen LogP contribution is 2.23. The molecule has 0 fully saturated rings. The quantitative estimate of drug-likeness (QED) is 0.788. The Bertz CT molecular complexity index is 590. The normalized spacial score (nSPS) is 10.6. The first-order valence-electron chi connectivity index (χ1n) is 4.74. The monoisotopic (exact) mass is 300 g/mol. The average molecular weight is 301 g/mol. The maximum absolute atomic E-state index is 13.6. The van der Waals surface area contributed by atoms with Crippen LogP contribution in [0, 0.1) is 18.6 Å². The number of aryl methyl sites for hydroxylation is 1. The van der Waals surface area contributed by atoms with Crippen LogP contribution in [0.25, 0.3) is 0 Å². The Labute approximate surface area is 104 Å². The van der Waals surface area contributed by atoms with E-state index in [0.717, 1.165) is 12.1 Å². The number of hydrogen-bond acceptors (Lipinski definition) is 2. The van der Waals surface area contributed by atoms with Crippen molar-refractivity contribution in [1.29, 1.82) is 0 Å². The van der Waals surface area contributed by atoms with Crippen molar-refractivity contribution >= 4 is 21.7 Å². The molecule has 1 heterocycles. The lowest BCUT2D eigenvalue weighted by Crippen LogP contribution is -2.05. The Morgan fingerprint density at radius 3 is 2.53 bits per heavy atom. The highest BCUT2D eigenvalue weighted by atomic mass is 79.9. The van der Waals surface area contributed by atoms with Gasteiger partial charge in [-0.3, -0.25) is 4.79 Å². The molecule has 0 bridgehead atoms. The molecule has 0 N–H and O–H groups in total. The molecule has 0 saturated heterocycles. The van der Waals surface area contributed by atoms with Crippen molar-refractivity contribution in [2.75, 3.05) is 0 Å². The second-order valence-electron chi connectivity index (χ2n) is 3.52. The van der Waals surface area contributed by atoms with Crippen LogP contribution in [0.1, 0.15) is 21.5 Å². The Morgan fingerprint density at radius 2 is 1.94 bits per heavy atom. The van der Waals surface area contributed by atoms with Crippen LogP contribution in [0.15, 0.2) is 33.5 Å². The van der Waals surface area contributed by atoms with E-state index < -0.39 is 17.4 Å². The third-order valence-corrected chi connectivity index (χ3v) is 2.97. The topological polar surface area (TPSA) is 30.2 Å². The Hall–Kier alpha value is -1.49. The summed E-state index contributed by atoms with van der Waals surface area (Å²) in [6.07, 6.45) is 1.29. The second kappa shape index (κ2) is 4.41. The smallest absolute Gasteiger partial charge is 0.200 e. The summed E-state index contributed by atoms with van der Waals surface area (Å²) in [4.78, 5) is 11.9. The molecule has 0 aliphatic carbocycles. The van der Waals surface area contributed by atoms with Crippen molar-refractivity contribution in [1.82, 2.24) is 0 Å². The maximum atomic E-state index is 13.6. The number of ketones is 1. The van der Waals surface area contributed by atoms with Crippen LogP contribution in [0.3, 0.4) is 0 Å². The zero-order valence-corrected chi connectivity index (χ0v) is 10.3. The number of carbonyl (C=O) groups is 1. The molecule has 88 valence electrons. The number of benzene rings is 1. The van der Waals surface area contributed by atoms with Crippen LogP contribution >= 0.6 is 15.9 Å². The van der Waals surface area contributed by atoms with Gasteiger partial charge in [-0.2, -0.15) is 0 Å². The average Bonchev–Trinajstić information content (AvgIpc) is 2.69. The fourth-order valence-corrected chi connectivity index (χ4v) is 1.84. The molecular weight excluding hydrogens is 294 g/mol. The first-order chi connectivity index (χ1) is 8.00. The molecule has 0 aliphatic rings. The summed E-state index contributed by atoms with van der Waals surface area (Å²) in [5.41, 5.74) is 0.00709. The highest BCUT2D eigenvalue weighted by Gasteiger charge is 2.20. The first kappa shape index (κ1) is 12.0. The van der Waals surface area contributed by atoms with E-state index in [9.17, 15) is 13.6 Å². The zero-order chi connectivity index (χ0) is 12.6. The van der Waals surface area contributed by atoms with Crippen molar-refractivity contribution in [2.24, 2.45) is 0 Å². The Balaban J connectivity index is 2.52. The lowest BCUT2D eigenvalue weighted by molar-refractivity contribution is 0.103. The van der Waals surface area contributed by atoms with E-state index in [4.69, 9.17) is 4.42 Å². The summed E-state index contributed by atoms with van der Waals surface area (Å²) in [7, 11) is 0. The second-order valence-corrected chi connectivity index (χ2v) is 4.24. The molecular formula is C12H7BrF2O2. The van der Waals surface area contributed by atoms with Gasteiger partial charge in [-0.15, -0.1) is 0 Å². The fraction of sp³-hybridized carbons (Fsp3) is 0.0833. The van der Waals surface area contributed by atoms with Gasteiger partial charge in [-0.05, 0) is 46.6 Å². The standard InChI is InChI=1S/C12H7BrF2O2/c1-6-4-10(15)8(5-9(6)14)11(16)7-2-3-17-12(7)13/h2-5H,1H3. The van der Waals surface area contributed by atoms with Crippen molar-refractivity contribution in [3.63, 3.8) is 0 Å². The SMILES string of the molecule is Cc1cc(F)c(C(=O)c2ccoc2Br)cc1F. The molecule has 0 radical (unpaired) electrons. The molecule has 0 spiro atoms. The van der Waals surface area contributed by atoms with Gasteiger partial charge in [0.25, 0.3) is 0 Å². The molecule has 2 rings (SSSR count). The molecule has 17 heavy (non-hydrogen) atoms. The van der Waals surface area contributed by atoms with Gasteiger partial charge in [0.2, 0.25) is 5.78 Å². The first-order valence-corrected chi connectivity index (χ1v) is 5.53. The molecule has 2 aromatic rings. The number of hydrogen-bond donors (Lipinski definition) is 0. The van der Waals surface area contributed by atoms with Gasteiger partial charge in [0.15, 0.2) is 4.67 Å². The van der Waals surface area contributed by atoms with Gasteiger partial charge >= 0.3 is 0 Å². The molecule has 2 nitrogen and oxygen atoms in total. The van der Waals surface area contributed by atoms with Gasteiger partial charge < -0.3 is 4.42 Å². The number of rotatable bonds is 2. The number of furan rings is 1. The minimum atomic E-state index is -0.748. The largest absolute Gasteiger partial charge is 0.457 e. The molecule has 0 aliphatic heterocycles. The summed E-state index contributed by atoms with van der Waals surface area (Å²) in [6.45, 7) is 1.43. The summed E-state index contributed by atoms with van der Waals surface area (Å²) < 4.78 is 32.0. The van der Waals surface area contributed by atoms with Crippen LogP contribution in [-0.2, 0) is 0 Å². The summed E-state index contributed by atoms with van der Waals surface area (Å²) in [5.74, 6) is -1.99. The Kier molecular flexibility index (Phi) is 3.11. The maximum Gasteiger partial charge on any atom is 0.200 e. The summed E-state index contributed by atoms with van der Waals surface area (Å²) >= 11 is 3.02. The molecule has 5 heteroatoms. The minimum Gasteiger partial charge on any atom is -0.457 e. The minimum absolute atomic E-state index is 0.158. The summed E-state index contributed by atoms with van der Waals surface area (Å²) in [6, 6.07) is 3.28. The van der Waals surface area contributed by atoms with Gasteiger partial charge in [-0.1, -0.05) is 0 Å². The lowest BCUT2D eigenvalue weighted by atomic mass is 10.0. The van der Waals surface area contributed by atoms with E-state index in [0.29, 0.717) is 0 Å². The van der Waals surface area contributed by atoms with E-state index in [1.165, 1.54) is 19.3 Å². The third-order valence-electron chi connectivity index (χ3n) is 2.36. The molecule has 1 aromatic heterocycles. The van der Waals surface area contributed by atoms with Crippen molar-refractivity contribution in [3.8, 4) is 0 Å². The Morgan fingerprint density at radius 1 is 1.24 bits per heavy atom. The van der Waals surface area contributed by atoms with Crippen molar-refractivity contribution < 1.29 is 18.0 Å². The van der Waals surface area contributed by atoms with Crippen LogP contribution in [-0.4, -0.2) is 5.78 Å². The van der Waals surface area contributed by atoms with Gasteiger partial charge in [0.05, 0.1) is 17.4 Å². The molecule has 0 unspecified atom stereocenters. The van der Waals surface area contributed by atoms with Crippen molar-refractivity contribution in [2.45, 2.75) is 6.92 Å². The predicted octanol–water partition coefficient (Wildman–Crippen LogP) is 3.86. The van der Waals surface area contributed by atoms with Gasteiger partial charge in [0, 0.05) is 0 Å². The lowest BCUT2D eigenvalue weighted by Gasteiger charge is -2.03. The van der Waals surface area contributed by atoms with E-state index in [2.05, 4.69) is 15.9 Å². The molecule has 0 saturated carbocycles. The summed E-state index contributed by atoms with van der Waals surface area (Å²) in [5, 5.41) is 0. The molecule has 1 aromatic carbocycles. The number of halogens is 3. The van der Waals surface area contributed by atoms with Gasteiger partial charge in [0.1, 0.15) is 11.6 Å². The van der Waals surface area contributed by atoms with E-state index >= 15 is 0 Å². The fourth-order valence-electron chi connectivity index (χ4n) is 1.42.